The molecule has 0 saturated carbocycles. The van der Waals surface area contributed by atoms with Crippen LogP contribution in [0.25, 0.3) is 0 Å². The van der Waals surface area contributed by atoms with Gasteiger partial charge in [0.15, 0.2) is 5.82 Å². The molecule has 0 saturated heterocycles. The van der Waals surface area contributed by atoms with Gasteiger partial charge in [0.1, 0.15) is 0 Å². The van der Waals surface area contributed by atoms with E-state index in [1.807, 2.05) is 0 Å². The second kappa shape index (κ2) is 3.55. The second-order valence-corrected chi connectivity index (χ2v) is 2.33. The number of rotatable bonds is 2. The maximum atomic E-state index is 12.5. The molecule has 0 aliphatic heterocycles. The molecule has 3 nitrogen and oxygen atoms in total. The van der Waals surface area contributed by atoms with Crippen LogP contribution >= 0.6 is 0 Å². The highest BCUT2D eigenvalue weighted by atomic mass is 19.2. The van der Waals surface area contributed by atoms with E-state index >= 15 is 0 Å². The first-order valence-corrected chi connectivity index (χ1v) is 3.32. The number of aromatic nitrogens is 1. The average Bonchev–Trinajstić information content (AvgIpc) is 2.08. The molecule has 1 rings (SSSR count). The SMILES string of the molecule is NC(CO)c1cnc(F)c(F)c1. The Morgan fingerprint density at radius 2 is 2.25 bits per heavy atom. The van der Waals surface area contributed by atoms with Gasteiger partial charge < -0.3 is 10.8 Å². The van der Waals surface area contributed by atoms with Crippen LogP contribution in [0, 0.1) is 11.8 Å². The predicted molar refractivity (Wildman–Crippen MR) is 38.2 cm³/mol. The van der Waals surface area contributed by atoms with Crippen molar-refractivity contribution in [2.24, 2.45) is 5.73 Å². The van der Waals surface area contributed by atoms with Gasteiger partial charge in [-0.3, -0.25) is 0 Å². The van der Waals surface area contributed by atoms with Crippen LogP contribution in [0.4, 0.5) is 8.78 Å². The minimum absolute atomic E-state index is 0.274. The third-order valence-corrected chi connectivity index (χ3v) is 1.44. The van der Waals surface area contributed by atoms with Crippen LogP contribution in [0.2, 0.25) is 0 Å². The minimum atomic E-state index is -1.16. The van der Waals surface area contributed by atoms with Crippen LogP contribution in [-0.2, 0) is 0 Å². The van der Waals surface area contributed by atoms with Crippen molar-refractivity contribution in [3.8, 4) is 0 Å². The van der Waals surface area contributed by atoms with Crippen LogP contribution in [-0.4, -0.2) is 16.7 Å². The number of halogens is 2. The summed E-state index contributed by atoms with van der Waals surface area (Å²) >= 11 is 0. The molecule has 5 heteroatoms. The van der Waals surface area contributed by atoms with Gasteiger partial charge in [-0.05, 0) is 11.6 Å². The number of aliphatic hydroxyl groups excluding tert-OH is 1. The molecule has 1 aromatic rings. The van der Waals surface area contributed by atoms with Crippen molar-refractivity contribution >= 4 is 0 Å². The molecule has 1 heterocycles. The smallest absolute Gasteiger partial charge is 0.248 e. The Morgan fingerprint density at radius 1 is 1.58 bits per heavy atom. The lowest BCUT2D eigenvalue weighted by Crippen LogP contribution is -2.15. The summed E-state index contributed by atoms with van der Waals surface area (Å²) < 4.78 is 24.8. The third kappa shape index (κ3) is 1.75. The minimum Gasteiger partial charge on any atom is -0.394 e. The van der Waals surface area contributed by atoms with Gasteiger partial charge in [-0.15, -0.1) is 0 Å². The van der Waals surface area contributed by atoms with E-state index < -0.39 is 17.8 Å². The lowest BCUT2D eigenvalue weighted by atomic mass is 10.1. The van der Waals surface area contributed by atoms with E-state index in [9.17, 15) is 8.78 Å². The van der Waals surface area contributed by atoms with E-state index in [1.54, 1.807) is 0 Å². The lowest BCUT2D eigenvalue weighted by Gasteiger charge is -2.06. The van der Waals surface area contributed by atoms with Crippen molar-refractivity contribution in [1.82, 2.24) is 4.98 Å². The Hall–Kier alpha value is -1.07. The Labute approximate surface area is 67.8 Å². The van der Waals surface area contributed by atoms with Crippen molar-refractivity contribution in [2.45, 2.75) is 6.04 Å². The number of nitrogens with zero attached hydrogens (tertiary/aromatic N) is 1. The monoisotopic (exact) mass is 174 g/mol. The van der Waals surface area contributed by atoms with Gasteiger partial charge in [-0.1, -0.05) is 0 Å². The van der Waals surface area contributed by atoms with Crippen LogP contribution in [0.5, 0.6) is 0 Å². The Bertz CT molecular complexity index is 280. The second-order valence-electron chi connectivity index (χ2n) is 2.33. The van der Waals surface area contributed by atoms with Crippen LogP contribution < -0.4 is 5.73 Å². The highest BCUT2D eigenvalue weighted by Crippen LogP contribution is 2.11. The Kier molecular flexibility index (Phi) is 2.67. The fourth-order valence-corrected chi connectivity index (χ4v) is 0.744. The summed E-state index contributed by atoms with van der Waals surface area (Å²) in [6.07, 6.45) is 1.10. The summed E-state index contributed by atoms with van der Waals surface area (Å²) in [6, 6.07) is 0.205. The molecule has 1 aromatic heterocycles. The topological polar surface area (TPSA) is 59.1 Å². The molecule has 3 N–H and O–H groups in total. The van der Waals surface area contributed by atoms with Crippen LogP contribution in [0.3, 0.4) is 0 Å². The summed E-state index contributed by atoms with van der Waals surface area (Å²) in [4.78, 5) is 3.11. The maximum Gasteiger partial charge on any atom is 0.248 e. The molecular weight excluding hydrogens is 166 g/mol. The fourth-order valence-electron chi connectivity index (χ4n) is 0.744. The van der Waals surface area contributed by atoms with Gasteiger partial charge in [-0.25, -0.2) is 9.37 Å². The largest absolute Gasteiger partial charge is 0.394 e. The quantitative estimate of drug-likeness (QED) is 0.636. The summed E-state index contributed by atoms with van der Waals surface area (Å²) in [5.41, 5.74) is 5.61. The zero-order chi connectivity index (χ0) is 9.14. The van der Waals surface area contributed by atoms with Crippen molar-refractivity contribution < 1.29 is 13.9 Å². The number of hydrogen-bond acceptors (Lipinski definition) is 3. The molecule has 12 heavy (non-hydrogen) atoms. The van der Waals surface area contributed by atoms with E-state index in [1.165, 1.54) is 0 Å². The molecule has 0 bridgehead atoms. The molecule has 0 fully saturated rings. The normalized spacial score (nSPS) is 13.0. The van der Waals surface area contributed by atoms with E-state index in [-0.39, 0.29) is 12.2 Å². The Balaban J connectivity index is 2.96. The van der Waals surface area contributed by atoms with E-state index in [2.05, 4.69) is 4.98 Å². The average molecular weight is 174 g/mol. The number of pyridine rings is 1. The van der Waals surface area contributed by atoms with Gasteiger partial charge in [0, 0.05) is 6.20 Å². The van der Waals surface area contributed by atoms with E-state index in [4.69, 9.17) is 10.8 Å². The van der Waals surface area contributed by atoms with Gasteiger partial charge in [0.2, 0.25) is 5.95 Å². The van der Waals surface area contributed by atoms with E-state index in [0.29, 0.717) is 0 Å². The molecule has 66 valence electrons. The highest BCUT2D eigenvalue weighted by Gasteiger charge is 2.08. The van der Waals surface area contributed by atoms with Gasteiger partial charge >= 0.3 is 0 Å². The number of nitrogens with two attached hydrogens (primary N) is 1. The van der Waals surface area contributed by atoms with Gasteiger partial charge in [-0.2, -0.15) is 4.39 Å². The van der Waals surface area contributed by atoms with Crippen molar-refractivity contribution in [2.75, 3.05) is 6.61 Å². The molecule has 1 atom stereocenters. The zero-order valence-electron chi connectivity index (χ0n) is 6.17. The third-order valence-electron chi connectivity index (χ3n) is 1.44. The molecule has 0 aliphatic rings. The number of hydrogen-bond donors (Lipinski definition) is 2. The summed E-state index contributed by atoms with van der Waals surface area (Å²) in [5.74, 6) is -2.22. The Morgan fingerprint density at radius 3 is 2.75 bits per heavy atom. The molecule has 0 spiro atoms. The van der Waals surface area contributed by atoms with Crippen LogP contribution in [0.15, 0.2) is 12.3 Å². The molecule has 0 radical (unpaired) electrons. The fraction of sp³-hybridized carbons (Fsp3) is 0.286. The predicted octanol–water partition coefficient (Wildman–Crippen LogP) is 0.352. The van der Waals surface area contributed by atoms with E-state index in [0.717, 1.165) is 12.3 Å². The molecule has 0 aliphatic carbocycles. The zero-order valence-corrected chi connectivity index (χ0v) is 6.17. The van der Waals surface area contributed by atoms with Gasteiger partial charge in [0.05, 0.1) is 12.6 Å². The number of aliphatic hydroxyl groups is 1. The maximum absolute atomic E-state index is 12.5. The van der Waals surface area contributed by atoms with Crippen LogP contribution in [0.1, 0.15) is 11.6 Å². The molecule has 0 amide bonds. The first-order chi connectivity index (χ1) is 5.65. The van der Waals surface area contributed by atoms with Crippen molar-refractivity contribution in [3.05, 3.63) is 29.6 Å². The molecule has 1 unspecified atom stereocenters. The molecular formula is C7H8F2N2O. The first-order valence-electron chi connectivity index (χ1n) is 3.32. The highest BCUT2D eigenvalue weighted by molar-refractivity contribution is 5.15. The lowest BCUT2D eigenvalue weighted by molar-refractivity contribution is 0.267. The summed E-state index contributed by atoms with van der Waals surface area (Å²) in [7, 11) is 0. The van der Waals surface area contributed by atoms with Crippen molar-refractivity contribution in [3.63, 3.8) is 0 Å². The van der Waals surface area contributed by atoms with Crippen molar-refractivity contribution in [1.29, 1.82) is 0 Å². The molecule has 0 aromatic carbocycles. The summed E-state index contributed by atoms with van der Waals surface area (Å²) in [6.45, 7) is -0.327. The first kappa shape index (κ1) is 9.02. The van der Waals surface area contributed by atoms with Gasteiger partial charge in [0.25, 0.3) is 0 Å². The summed E-state index contributed by atoms with van der Waals surface area (Å²) in [5, 5.41) is 8.58. The standard InChI is InChI=1S/C7H8F2N2O/c8-5-1-4(6(10)3-12)2-11-7(5)9/h1-2,6,12H,3,10H2.